The van der Waals surface area contributed by atoms with Crippen molar-refractivity contribution in [3.63, 3.8) is 0 Å². The number of aromatic nitrogens is 3. The van der Waals surface area contributed by atoms with Gasteiger partial charge < -0.3 is 14.6 Å². The summed E-state index contributed by atoms with van der Waals surface area (Å²) in [6.07, 6.45) is 7.15. The van der Waals surface area contributed by atoms with Gasteiger partial charge in [-0.05, 0) is 57.7 Å². The molecule has 2 aromatic rings. The fourth-order valence-corrected chi connectivity index (χ4v) is 3.69. The van der Waals surface area contributed by atoms with Crippen molar-refractivity contribution in [3.8, 4) is 0 Å². The van der Waals surface area contributed by atoms with Gasteiger partial charge in [0.25, 0.3) is 5.91 Å². The lowest BCUT2D eigenvalue weighted by atomic mass is 10.0. The molecule has 7 nitrogen and oxygen atoms in total. The van der Waals surface area contributed by atoms with Gasteiger partial charge in [0.05, 0.1) is 12.2 Å². The molecule has 1 saturated carbocycles. The Kier molecular flexibility index (Phi) is 5.29. The number of carbonyl (C=O) groups is 1. The van der Waals surface area contributed by atoms with E-state index in [0.717, 1.165) is 63.3 Å². The van der Waals surface area contributed by atoms with E-state index in [-0.39, 0.29) is 5.91 Å². The van der Waals surface area contributed by atoms with Crippen molar-refractivity contribution < 1.29 is 9.21 Å². The summed E-state index contributed by atoms with van der Waals surface area (Å²) in [5.74, 6) is 2.42. The zero-order valence-electron chi connectivity index (χ0n) is 16.2. The average Bonchev–Trinajstić information content (AvgIpc) is 3.17. The Morgan fingerprint density at radius 2 is 2.07 bits per heavy atom. The SMILES string of the molecule is Cc1ccc([C@H](C)CCN2CCC(n3cc(C(=O)NC4CC4)nn3)CC2)o1. The molecular formula is C20H29N5O2. The van der Waals surface area contributed by atoms with Crippen LogP contribution in [0.3, 0.4) is 0 Å². The number of furan rings is 1. The Labute approximate surface area is 160 Å². The molecule has 1 N–H and O–H groups in total. The van der Waals surface area contributed by atoms with Crippen LogP contribution >= 0.6 is 0 Å². The van der Waals surface area contributed by atoms with Crippen LogP contribution in [0.25, 0.3) is 0 Å². The minimum Gasteiger partial charge on any atom is -0.466 e. The molecule has 0 radical (unpaired) electrons. The monoisotopic (exact) mass is 371 g/mol. The van der Waals surface area contributed by atoms with E-state index < -0.39 is 0 Å². The van der Waals surface area contributed by atoms with E-state index in [4.69, 9.17) is 4.42 Å². The molecule has 1 atom stereocenters. The van der Waals surface area contributed by atoms with Gasteiger partial charge >= 0.3 is 0 Å². The van der Waals surface area contributed by atoms with Crippen molar-refractivity contribution in [1.29, 1.82) is 0 Å². The highest BCUT2D eigenvalue weighted by molar-refractivity contribution is 5.92. The summed E-state index contributed by atoms with van der Waals surface area (Å²) >= 11 is 0. The summed E-state index contributed by atoms with van der Waals surface area (Å²) in [7, 11) is 0. The normalized spacial score (nSPS) is 19.9. The molecule has 1 aliphatic carbocycles. The highest BCUT2D eigenvalue weighted by atomic mass is 16.3. The Morgan fingerprint density at radius 3 is 2.74 bits per heavy atom. The van der Waals surface area contributed by atoms with Gasteiger partial charge in [0.1, 0.15) is 11.5 Å². The highest BCUT2D eigenvalue weighted by Gasteiger charge is 2.26. The number of piperidine rings is 1. The molecule has 4 rings (SSSR count). The number of hydrogen-bond donors (Lipinski definition) is 1. The first kappa shape index (κ1) is 18.2. The fraction of sp³-hybridized carbons (Fsp3) is 0.650. The summed E-state index contributed by atoms with van der Waals surface area (Å²) in [5.41, 5.74) is 0.437. The first-order chi connectivity index (χ1) is 13.1. The van der Waals surface area contributed by atoms with E-state index >= 15 is 0 Å². The van der Waals surface area contributed by atoms with Crippen LogP contribution in [-0.4, -0.2) is 51.5 Å². The molecule has 2 aliphatic rings. The first-order valence-corrected chi connectivity index (χ1v) is 10.1. The summed E-state index contributed by atoms with van der Waals surface area (Å²) in [4.78, 5) is 14.6. The molecule has 27 heavy (non-hydrogen) atoms. The predicted octanol–water partition coefficient (Wildman–Crippen LogP) is 2.90. The van der Waals surface area contributed by atoms with Crippen LogP contribution in [0, 0.1) is 6.92 Å². The lowest BCUT2D eigenvalue weighted by molar-refractivity contribution is 0.0946. The number of rotatable bonds is 7. The van der Waals surface area contributed by atoms with E-state index in [1.807, 2.05) is 17.7 Å². The molecule has 146 valence electrons. The third-order valence-corrected chi connectivity index (χ3v) is 5.71. The van der Waals surface area contributed by atoms with E-state index in [0.29, 0.717) is 23.7 Å². The smallest absolute Gasteiger partial charge is 0.273 e. The fourth-order valence-electron chi connectivity index (χ4n) is 3.69. The second kappa shape index (κ2) is 7.84. The molecule has 1 saturated heterocycles. The second-order valence-corrected chi connectivity index (χ2v) is 8.04. The van der Waals surface area contributed by atoms with Gasteiger partial charge in [-0.1, -0.05) is 12.1 Å². The Morgan fingerprint density at radius 1 is 1.30 bits per heavy atom. The number of carbonyl (C=O) groups excluding carboxylic acids is 1. The van der Waals surface area contributed by atoms with E-state index in [1.54, 1.807) is 6.20 Å². The van der Waals surface area contributed by atoms with Gasteiger partial charge in [0.2, 0.25) is 0 Å². The Balaban J connectivity index is 1.23. The van der Waals surface area contributed by atoms with Crippen LogP contribution in [0.1, 0.15) is 73.0 Å². The topological polar surface area (TPSA) is 76.2 Å². The molecule has 0 unspecified atom stereocenters. The summed E-state index contributed by atoms with van der Waals surface area (Å²) in [6.45, 7) is 7.41. The number of nitrogens with zero attached hydrogens (tertiary/aromatic N) is 4. The van der Waals surface area contributed by atoms with E-state index in [2.05, 4.69) is 33.5 Å². The predicted molar refractivity (Wildman–Crippen MR) is 102 cm³/mol. The third kappa shape index (κ3) is 4.58. The first-order valence-electron chi connectivity index (χ1n) is 10.1. The maximum atomic E-state index is 12.1. The number of hydrogen-bond acceptors (Lipinski definition) is 5. The van der Waals surface area contributed by atoms with Crippen molar-refractivity contribution in [1.82, 2.24) is 25.2 Å². The Hall–Kier alpha value is -2.15. The molecule has 2 fully saturated rings. The van der Waals surface area contributed by atoms with Gasteiger partial charge in [0, 0.05) is 25.0 Å². The summed E-state index contributed by atoms with van der Waals surface area (Å²) in [6, 6.07) is 4.81. The molecule has 0 spiro atoms. The number of amides is 1. The van der Waals surface area contributed by atoms with Gasteiger partial charge in [-0.25, -0.2) is 4.68 Å². The van der Waals surface area contributed by atoms with Crippen molar-refractivity contribution in [2.45, 2.75) is 64.0 Å². The van der Waals surface area contributed by atoms with Crippen molar-refractivity contribution >= 4 is 5.91 Å². The molecule has 2 aromatic heterocycles. The van der Waals surface area contributed by atoms with Crippen molar-refractivity contribution in [2.24, 2.45) is 0 Å². The van der Waals surface area contributed by atoms with Crippen LogP contribution in [0.2, 0.25) is 0 Å². The van der Waals surface area contributed by atoms with Crippen LogP contribution in [-0.2, 0) is 0 Å². The van der Waals surface area contributed by atoms with Gasteiger partial charge in [0.15, 0.2) is 5.69 Å². The van der Waals surface area contributed by atoms with Crippen molar-refractivity contribution in [3.05, 3.63) is 35.5 Å². The van der Waals surface area contributed by atoms with Gasteiger partial charge in [-0.15, -0.1) is 5.10 Å². The number of likely N-dealkylation sites (tertiary alicyclic amines) is 1. The maximum Gasteiger partial charge on any atom is 0.273 e. The van der Waals surface area contributed by atoms with Crippen LogP contribution < -0.4 is 5.32 Å². The molecule has 7 heteroatoms. The molecule has 1 amide bonds. The van der Waals surface area contributed by atoms with Crippen LogP contribution in [0.4, 0.5) is 0 Å². The highest BCUT2D eigenvalue weighted by Crippen LogP contribution is 2.25. The van der Waals surface area contributed by atoms with Gasteiger partial charge in [-0.2, -0.15) is 0 Å². The Bertz CT molecular complexity index is 771. The zero-order chi connectivity index (χ0) is 18.8. The summed E-state index contributed by atoms with van der Waals surface area (Å²) in [5, 5.41) is 11.2. The lowest BCUT2D eigenvalue weighted by Crippen LogP contribution is -2.35. The lowest BCUT2D eigenvalue weighted by Gasteiger charge is -2.32. The molecule has 1 aliphatic heterocycles. The minimum atomic E-state index is -0.0941. The van der Waals surface area contributed by atoms with Crippen molar-refractivity contribution in [2.75, 3.05) is 19.6 Å². The van der Waals surface area contributed by atoms with Crippen LogP contribution in [0.15, 0.2) is 22.7 Å². The van der Waals surface area contributed by atoms with Gasteiger partial charge in [-0.3, -0.25) is 4.79 Å². The average molecular weight is 371 g/mol. The third-order valence-electron chi connectivity index (χ3n) is 5.71. The molecule has 3 heterocycles. The minimum absolute atomic E-state index is 0.0941. The largest absolute Gasteiger partial charge is 0.466 e. The second-order valence-electron chi connectivity index (χ2n) is 8.04. The molecule has 0 bridgehead atoms. The summed E-state index contributed by atoms with van der Waals surface area (Å²) < 4.78 is 7.62. The number of nitrogens with one attached hydrogen (secondary N) is 1. The maximum absolute atomic E-state index is 12.1. The molecule has 0 aromatic carbocycles. The zero-order valence-corrected chi connectivity index (χ0v) is 16.2. The van der Waals surface area contributed by atoms with Crippen LogP contribution in [0.5, 0.6) is 0 Å². The standard InChI is InChI=1S/C20H29N5O2/c1-14(19-6-3-15(2)27-19)7-10-24-11-8-17(9-12-24)25-13-18(22-23-25)20(26)21-16-4-5-16/h3,6,13-14,16-17H,4-5,7-12H2,1-2H3,(H,21,26)/t14-/m1/s1. The quantitative estimate of drug-likeness (QED) is 0.810. The van der Waals surface area contributed by atoms with E-state index in [1.165, 1.54) is 0 Å². The van der Waals surface area contributed by atoms with E-state index in [9.17, 15) is 4.79 Å². The number of aryl methyl sites for hydroxylation is 1. The molecular weight excluding hydrogens is 342 g/mol.